The summed E-state index contributed by atoms with van der Waals surface area (Å²) in [5, 5.41) is 9.75. The first-order valence-electron chi connectivity index (χ1n) is 6.79. The summed E-state index contributed by atoms with van der Waals surface area (Å²) in [7, 11) is -2.48. The van der Waals surface area contributed by atoms with Gasteiger partial charge in [0, 0.05) is 5.69 Å². The van der Waals surface area contributed by atoms with Gasteiger partial charge in [-0.15, -0.1) is 10.2 Å². The molecule has 2 N–H and O–H groups in total. The molecule has 0 aliphatic carbocycles. The molecule has 1 amide bonds. The van der Waals surface area contributed by atoms with Crippen LogP contribution in [0.4, 0.5) is 5.69 Å². The molecule has 10 heteroatoms. The van der Waals surface area contributed by atoms with E-state index in [0.29, 0.717) is 5.69 Å². The van der Waals surface area contributed by atoms with Gasteiger partial charge in [0.25, 0.3) is 15.9 Å². The predicted octanol–water partition coefficient (Wildman–Crippen LogP) is 1.02. The number of carbonyl (C=O) groups is 1. The van der Waals surface area contributed by atoms with Crippen LogP contribution in [0.3, 0.4) is 0 Å². The molecule has 0 spiro atoms. The van der Waals surface area contributed by atoms with Gasteiger partial charge in [0.2, 0.25) is 5.09 Å². The standard InChI is InChI=1S/C14H13N5O4S/c1-15-24(21,22)13-6-5-12(23-13)14(20)18-10-3-2-4-11(7-10)19-8-16-17-9-19/h2-9,15H,1H3,(H,18,20). The quantitative estimate of drug-likeness (QED) is 0.711. The van der Waals surface area contributed by atoms with Gasteiger partial charge in [-0.25, -0.2) is 13.1 Å². The van der Waals surface area contributed by atoms with Crippen LogP contribution in [0.1, 0.15) is 10.6 Å². The Morgan fingerprint density at radius 2 is 1.92 bits per heavy atom. The van der Waals surface area contributed by atoms with Crippen molar-refractivity contribution in [1.29, 1.82) is 0 Å². The lowest BCUT2D eigenvalue weighted by molar-refractivity contribution is 0.0991. The molecule has 0 aliphatic heterocycles. The smallest absolute Gasteiger partial charge is 0.291 e. The zero-order valence-corrected chi connectivity index (χ0v) is 13.3. The molecule has 0 aliphatic rings. The Hall–Kier alpha value is -2.98. The molecule has 3 rings (SSSR count). The second-order valence-electron chi connectivity index (χ2n) is 4.70. The van der Waals surface area contributed by atoms with Crippen molar-refractivity contribution < 1.29 is 17.6 Å². The molecule has 0 saturated heterocycles. The number of hydrogen-bond donors (Lipinski definition) is 2. The van der Waals surface area contributed by atoms with E-state index in [0.717, 1.165) is 5.69 Å². The summed E-state index contributed by atoms with van der Waals surface area (Å²) in [6, 6.07) is 9.50. The summed E-state index contributed by atoms with van der Waals surface area (Å²) in [6.45, 7) is 0. The van der Waals surface area contributed by atoms with E-state index in [1.54, 1.807) is 22.8 Å². The van der Waals surface area contributed by atoms with Crippen molar-refractivity contribution in [3.8, 4) is 5.69 Å². The second-order valence-corrected chi connectivity index (χ2v) is 6.52. The zero-order valence-electron chi connectivity index (χ0n) is 12.5. The lowest BCUT2D eigenvalue weighted by Crippen LogP contribution is -2.18. The lowest BCUT2D eigenvalue weighted by Gasteiger charge is -2.06. The van der Waals surface area contributed by atoms with Gasteiger partial charge in [-0.1, -0.05) is 6.07 Å². The number of benzene rings is 1. The van der Waals surface area contributed by atoms with Gasteiger partial charge in [-0.05, 0) is 37.4 Å². The van der Waals surface area contributed by atoms with Crippen molar-refractivity contribution in [1.82, 2.24) is 19.5 Å². The Balaban J connectivity index is 1.79. The van der Waals surface area contributed by atoms with E-state index in [1.807, 2.05) is 6.07 Å². The highest BCUT2D eigenvalue weighted by molar-refractivity contribution is 7.89. The number of rotatable bonds is 5. The van der Waals surface area contributed by atoms with Gasteiger partial charge in [0.15, 0.2) is 5.76 Å². The third-order valence-electron chi connectivity index (χ3n) is 3.16. The van der Waals surface area contributed by atoms with Gasteiger partial charge in [-0.3, -0.25) is 9.36 Å². The van der Waals surface area contributed by atoms with Gasteiger partial charge in [0.1, 0.15) is 12.7 Å². The Labute approximate surface area is 137 Å². The Bertz CT molecular complexity index is 963. The van der Waals surface area contributed by atoms with Crippen molar-refractivity contribution in [2.45, 2.75) is 5.09 Å². The summed E-state index contributed by atoms with van der Waals surface area (Å²) >= 11 is 0. The molecule has 2 heterocycles. The molecule has 0 fully saturated rings. The van der Waals surface area contributed by atoms with E-state index in [1.165, 1.54) is 31.8 Å². The molecule has 0 radical (unpaired) electrons. The van der Waals surface area contributed by atoms with Crippen LogP contribution in [0.5, 0.6) is 0 Å². The van der Waals surface area contributed by atoms with Crippen molar-refractivity contribution in [2.24, 2.45) is 0 Å². The van der Waals surface area contributed by atoms with Crippen LogP contribution in [0.25, 0.3) is 5.69 Å². The van der Waals surface area contributed by atoms with Crippen LogP contribution in [-0.2, 0) is 10.0 Å². The SMILES string of the molecule is CNS(=O)(=O)c1ccc(C(=O)Nc2cccc(-n3cnnc3)c2)o1. The Morgan fingerprint density at radius 1 is 1.17 bits per heavy atom. The topological polar surface area (TPSA) is 119 Å². The number of amides is 1. The summed E-state index contributed by atoms with van der Waals surface area (Å²) in [5.41, 5.74) is 1.27. The Kier molecular flexibility index (Phi) is 4.15. The van der Waals surface area contributed by atoms with Crippen LogP contribution in [0, 0.1) is 0 Å². The first-order chi connectivity index (χ1) is 11.5. The van der Waals surface area contributed by atoms with Crippen molar-refractivity contribution in [2.75, 3.05) is 12.4 Å². The van der Waals surface area contributed by atoms with Crippen LogP contribution >= 0.6 is 0 Å². The molecular formula is C14H13N5O4S. The van der Waals surface area contributed by atoms with E-state index >= 15 is 0 Å². The average Bonchev–Trinajstić information content (AvgIpc) is 3.27. The fraction of sp³-hybridized carbons (Fsp3) is 0.0714. The van der Waals surface area contributed by atoms with E-state index in [4.69, 9.17) is 4.42 Å². The highest BCUT2D eigenvalue weighted by Crippen LogP contribution is 2.17. The van der Waals surface area contributed by atoms with Crippen LogP contribution < -0.4 is 10.0 Å². The monoisotopic (exact) mass is 347 g/mol. The fourth-order valence-corrected chi connectivity index (χ4v) is 2.61. The first-order valence-corrected chi connectivity index (χ1v) is 8.28. The number of aromatic nitrogens is 3. The van der Waals surface area contributed by atoms with Gasteiger partial charge in [-0.2, -0.15) is 0 Å². The number of anilines is 1. The van der Waals surface area contributed by atoms with Gasteiger partial charge in [0.05, 0.1) is 5.69 Å². The maximum absolute atomic E-state index is 12.2. The molecule has 0 saturated carbocycles. The summed E-state index contributed by atoms with van der Waals surface area (Å²) < 4.78 is 32.1. The average molecular weight is 347 g/mol. The van der Waals surface area contributed by atoms with Crippen molar-refractivity contribution >= 4 is 21.6 Å². The van der Waals surface area contributed by atoms with E-state index in [2.05, 4.69) is 20.2 Å². The molecule has 0 unspecified atom stereocenters. The molecule has 0 bridgehead atoms. The highest BCUT2D eigenvalue weighted by Gasteiger charge is 2.19. The number of nitrogens with zero attached hydrogens (tertiary/aromatic N) is 3. The van der Waals surface area contributed by atoms with Crippen LogP contribution in [0.15, 0.2) is 58.6 Å². The Morgan fingerprint density at radius 3 is 2.62 bits per heavy atom. The molecule has 0 atom stereocenters. The number of nitrogens with one attached hydrogen (secondary N) is 2. The maximum atomic E-state index is 12.2. The van der Waals surface area contributed by atoms with Crippen LogP contribution in [-0.4, -0.2) is 36.1 Å². The van der Waals surface area contributed by atoms with Crippen molar-refractivity contribution in [3.05, 3.63) is 54.8 Å². The van der Waals surface area contributed by atoms with Gasteiger partial charge < -0.3 is 9.73 Å². The van der Waals surface area contributed by atoms with E-state index < -0.39 is 15.9 Å². The summed E-state index contributed by atoms with van der Waals surface area (Å²) in [4.78, 5) is 12.2. The minimum Gasteiger partial charge on any atom is -0.438 e. The molecule has 9 nitrogen and oxygen atoms in total. The molecule has 2 aromatic heterocycles. The number of carbonyl (C=O) groups excluding carboxylic acids is 1. The summed E-state index contributed by atoms with van der Waals surface area (Å²) in [6.07, 6.45) is 3.06. The van der Waals surface area contributed by atoms with E-state index in [9.17, 15) is 13.2 Å². The molecular weight excluding hydrogens is 334 g/mol. The van der Waals surface area contributed by atoms with Crippen molar-refractivity contribution in [3.63, 3.8) is 0 Å². The molecule has 1 aromatic carbocycles. The minimum atomic E-state index is -3.73. The normalized spacial score (nSPS) is 11.4. The fourth-order valence-electron chi connectivity index (χ4n) is 1.96. The third kappa shape index (κ3) is 3.19. The summed E-state index contributed by atoms with van der Waals surface area (Å²) in [5.74, 6) is -0.674. The second kappa shape index (κ2) is 6.26. The van der Waals surface area contributed by atoms with Crippen LogP contribution in [0.2, 0.25) is 0 Å². The predicted molar refractivity (Wildman–Crippen MR) is 84.3 cm³/mol. The molecule has 3 aromatic rings. The lowest BCUT2D eigenvalue weighted by atomic mass is 10.2. The molecule has 124 valence electrons. The molecule has 24 heavy (non-hydrogen) atoms. The number of hydrogen-bond acceptors (Lipinski definition) is 6. The first kappa shape index (κ1) is 15.9. The highest BCUT2D eigenvalue weighted by atomic mass is 32.2. The zero-order chi connectivity index (χ0) is 17.2. The van der Waals surface area contributed by atoms with E-state index in [-0.39, 0.29) is 10.9 Å². The minimum absolute atomic E-state index is 0.112. The third-order valence-corrected chi connectivity index (χ3v) is 4.45. The number of sulfonamides is 1. The largest absolute Gasteiger partial charge is 0.438 e. The maximum Gasteiger partial charge on any atom is 0.291 e. The van der Waals surface area contributed by atoms with Gasteiger partial charge >= 0.3 is 0 Å². The number of furan rings is 1.